The molecule has 0 radical (unpaired) electrons. The van der Waals surface area contributed by atoms with E-state index in [1.165, 1.54) is 18.9 Å². The number of nitrogens with zero attached hydrogens (tertiary/aromatic N) is 1. The van der Waals surface area contributed by atoms with Crippen LogP contribution in [-0.2, 0) is 14.3 Å². The van der Waals surface area contributed by atoms with Gasteiger partial charge in [0, 0.05) is 5.92 Å². The van der Waals surface area contributed by atoms with Crippen molar-refractivity contribution in [2.75, 3.05) is 20.5 Å². The van der Waals surface area contributed by atoms with Crippen molar-refractivity contribution in [1.29, 1.82) is 5.26 Å². The Morgan fingerprint density at radius 3 is 2.43 bits per heavy atom. The standard InChI is InChI=1S/C16H16N2O4S/c1-21-10-6-4-9(5-7-10)12-11(8-17)15(23-3)18-14(19)13(12)16(20)22-2/h4-7,12-13H,1-3H3,(H,18,19). The SMILES string of the molecule is COC(=O)C1C(=O)NC(SC)=C(C#N)C1c1ccc(OC)cc1. The molecule has 2 atom stereocenters. The van der Waals surface area contributed by atoms with Crippen molar-refractivity contribution in [3.63, 3.8) is 0 Å². The zero-order valence-corrected chi connectivity index (χ0v) is 13.8. The normalized spacial score (nSPS) is 20.5. The Kier molecular flexibility index (Phi) is 5.29. The summed E-state index contributed by atoms with van der Waals surface area (Å²) in [6.45, 7) is 0. The fourth-order valence-corrected chi connectivity index (χ4v) is 3.13. The van der Waals surface area contributed by atoms with Gasteiger partial charge in [-0.05, 0) is 24.0 Å². The average Bonchev–Trinajstić information content (AvgIpc) is 2.60. The maximum atomic E-state index is 12.3. The second-order valence-electron chi connectivity index (χ2n) is 4.80. The van der Waals surface area contributed by atoms with Crippen molar-refractivity contribution >= 4 is 23.6 Å². The molecule has 7 heteroatoms. The lowest BCUT2D eigenvalue weighted by Crippen LogP contribution is -2.44. The van der Waals surface area contributed by atoms with Gasteiger partial charge in [0.1, 0.15) is 11.7 Å². The zero-order chi connectivity index (χ0) is 17.0. The Hall–Kier alpha value is -2.46. The van der Waals surface area contributed by atoms with Gasteiger partial charge in [0.15, 0.2) is 0 Å². The van der Waals surface area contributed by atoms with Crippen molar-refractivity contribution < 1.29 is 19.1 Å². The third-order valence-corrected chi connectivity index (χ3v) is 4.39. The van der Waals surface area contributed by atoms with Crippen molar-refractivity contribution in [3.8, 4) is 11.8 Å². The second kappa shape index (κ2) is 7.20. The van der Waals surface area contributed by atoms with Crippen LogP contribution in [0.2, 0.25) is 0 Å². The molecule has 120 valence electrons. The van der Waals surface area contributed by atoms with E-state index in [-0.39, 0.29) is 0 Å². The predicted octanol–water partition coefficient (Wildman–Crippen LogP) is 1.80. The van der Waals surface area contributed by atoms with Crippen molar-refractivity contribution in [3.05, 3.63) is 40.4 Å². The van der Waals surface area contributed by atoms with Crippen molar-refractivity contribution in [1.82, 2.24) is 5.32 Å². The lowest BCUT2D eigenvalue weighted by Gasteiger charge is -2.30. The minimum absolute atomic E-state index is 0.345. The molecule has 0 fully saturated rings. The number of amides is 1. The summed E-state index contributed by atoms with van der Waals surface area (Å²) in [6, 6.07) is 9.06. The van der Waals surface area contributed by atoms with Gasteiger partial charge in [-0.2, -0.15) is 5.26 Å². The number of nitriles is 1. The first kappa shape index (κ1) is 16.9. The lowest BCUT2D eigenvalue weighted by molar-refractivity contribution is -0.150. The summed E-state index contributed by atoms with van der Waals surface area (Å²) in [5.41, 5.74) is 1.02. The van der Waals surface area contributed by atoms with E-state index in [9.17, 15) is 14.9 Å². The number of thioether (sulfide) groups is 1. The number of rotatable bonds is 4. The van der Waals surface area contributed by atoms with E-state index in [4.69, 9.17) is 9.47 Å². The Bertz CT molecular complexity index is 691. The number of methoxy groups -OCH3 is 2. The Labute approximate surface area is 138 Å². The van der Waals surface area contributed by atoms with E-state index >= 15 is 0 Å². The van der Waals surface area contributed by atoms with Gasteiger partial charge in [0.25, 0.3) is 0 Å². The summed E-state index contributed by atoms with van der Waals surface area (Å²) in [7, 11) is 2.77. The molecule has 2 rings (SSSR count). The molecule has 1 heterocycles. The molecule has 0 aliphatic carbocycles. The van der Waals surface area contributed by atoms with Gasteiger partial charge >= 0.3 is 5.97 Å². The maximum Gasteiger partial charge on any atom is 0.319 e. The van der Waals surface area contributed by atoms with Crippen LogP contribution >= 0.6 is 11.8 Å². The third kappa shape index (κ3) is 3.17. The quantitative estimate of drug-likeness (QED) is 0.668. The fourth-order valence-electron chi connectivity index (χ4n) is 2.54. The average molecular weight is 332 g/mol. The summed E-state index contributed by atoms with van der Waals surface area (Å²) < 4.78 is 9.87. The van der Waals surface area contributed by atoms with Crippen LogP contribution in [-0.4, -0.2) is 32.4 Å². The summed E-state index contributed by atoms with van der Waals surface area (Å²) in [4.78, 5) is 24.4. The monoisotopic (exact) mass is 332 g/mol. The van der Waals surface area contributed by atoms with Crippen molar-refractivity contribution in [2.24, 2.45) is 5.92 Å². The van der Waals surface area contributed by atoms with E-state index in [2.05, 4.69) is 11.4 Å². The lowest BCUT2D eigenvalue weighted by atomic mass is 9.78. The van der Waals surface area contributed by atoms with Crippen LogP contribution in [0, 0.1) is 17.2 Å². The van der Waals surface area contributed by atoms with Gasteiger partial charge in [0.05, 0.1) is 30.9 Å². The molecule has 0 spiro atoms. The smallest absolute Gasteiger partial charge is 0.319 e. The number of nitrogens with one attached hydrogen (secondary N) is 1. The summed E-state index contributed by atoms with van der Waals surface area (Å²) >= 11 is 1.26. The molecular formula is C16H16N2O4S. The highest BCUT2D eigenvalue weighted by Crippen LogP contribution is 2.39. The summed E-state index contributed by atoms with van der Waals surface area (Å²) in [6.07, 6.45) is 1.76. The molecule has 1 aromatic carbocycles. The second-order valence-corrected chi connectivity index (χ2v) is 5.62. The molecule has 1 aliphatic rings. The number of allylic oxidation sites excluding steroid dienone is 1. The zero-order valence-electron chi connectivity index (χ0n) is 13.0. The number of carbonyl (C=O) groups is 2. The van der Waals surface area contributed by atoms with Gasteiger partial charge in [-0.15, -0.1) is 11.8 Å². The third-order valence-electron chi connectivity index (χ3n) is 3.66. The minimum Gasteiger partial charge on any atom is -0.497 e. The molecule has 0 aromatic heterocycles. The minimum atomic E-state index is -1.10. The number of esters is 1. The van der Waals surface area contributed by atoms with E-state index in [0.29, 0.717) is 21.9 Å². The summed E-state index contributed by atoms with van der Waals surface area (Å²) in [5, 5.41) is 12.6. The first-order valence-electron chi connectivity index (χ1n) is 6.78. The van der Waals surface area contributed by atoms with Crippen LogP contribution in [0.1, 0.15) is 11.5 Å². The molecule has 0 saturated carbocycles. The van der Waals surface area contributed by atoms with Gasteiger partial charge in [-0.3, -0.25) is 9.59 Å². The first-order chi connectivity index (χ1) is 11.1. The highest BCUT2D eigenvalue weighted by molar-refractivity contribution is 8.02. The molecule has 1 amide bonds. The van der Waals surface area contributed by atoms with E-state index in [1.54, 1.807) is 37.6 Å². The number of hydrogen-bond donors (Lipinski definition) is 1. The number of hydrogen-bond acceptors (Lipinski definition) is 6. The first-order valence-corrected chi connectivity index (χ1v) is 8.00. The molecule has 23 heavy (non-hydrogen) atoms. The topological polar surface area (TPSA) is 88.4 Å². The molecule has 1 N–H and O–H groups in total. The van der Waals surface area contributed by atoms with Gasteiger partial charge < -0.3 is 14.8 Å². The molecule has 0 bridgehead atoms. The largest absolute Gasteiger partial charge is 0.497 e. The highest BCUT2D eigenvalue weighted by atomic mass is 32.2. The molecule has 0 saturated heterocycles. The molecule has 1 aromatic rings. The molecule has 1 aliphatic heterocycles. The molecule has 2 unspecified atom stereocenters. The Morgan fingerprint density at radius 2 is 1.96 bits per heavy atom. The molecular weight excluding hydrogens is 316 g/mol. The summed E-state index contributed by atoms with van der Waals surface area (Å²) in [5.74, 6) is -2.28. The van der Waals surface area contributed by atoms with Crippen LogP contribution in [0.4, 0.5) is 0 Å². The predicted molar refractivity (Wildman–Crippen MR) is 85.5 cm³/mol. The molecule has 6 nitrogen and oxygen atoms in total. The van der Waals surface area contributed by atoms with Gasteiger partial charge in [0.2, 0.25) is 5.91 Å². The maximum absolute atomic E-state index is 12.3. The van der Waals surface area contributed by atoms with Gasteiger partial charge in [-0.1, -0.05) is 12.1 Å². The number of carbonyl (C=O) groups excluding carboxylic acids is 2. The van der Waals surface area contributed by atoms with Crippen LogP contribution in [0.15, 0.2) is 34.9 Å². The highest BCUT2D eigenvalue weighted by Gasteiger charge is 2.44. The van der Waals surface area contributed by atoms with Crippen LogP contribution in [0.5, 0.6) is 5.75 Å². The van der Waals surface area contributed by atoms with Crippen LogP contribution in [0.3, 0.4) is 0 Å². The Balaban J connectivity index is 2.59. The van der Waals surface area contributed by atoms with Crippen LogP contribution in [0.25, 0.3) is 0 Å². The van der Waals surface area contributed by atoms with E-state index < -0.39 is 23.7 Å². The van der Waals surface area contributed by atoms with E-state index in [1.807, 2.05) is 0 Å². The Morgan fingerprint density at radius 1 is 1.30 bits per heavy atom. The van der Waals surface area contributed by atoms with Gasteiger partial charge in [-0.25, -0.2) is 0 Å². The number of benzene rings is 1. The fraction of sp³-hybridized carbons (Fsp3) is 0.312. The number of ether oxygens (including phenoxy) is 2. The van der Waals surface area contributed by atoms with E-state index in [0.717, 1.165) is 0 Å². The van der Waals surface area contributed by atoms with Crippen molar-refractivity contribution in [2.45, 2.75) is 5.92 Å². The van der Waals surface area contributed by atoms with Crippen LogP contribution < -0.4 is 10.1 Å².